The summed E-state index contributed by atoms with van der Waals surface area (Å²) in [6.07, 6.45) is 5.40. The molecule has 2 amide bonds. The second-order valence-electron chi connectivity index (χ2n) is 12.1. The van der Waals surface area contributed by atoms with Crippen molar-refractivity contribution in [3.05, 3.63) is 78.4 Å². The number of unbranched alkanes of at least 4 members (excludes halogenated alkanes) is 1. The number of para-hydroxylation sites is 1. The van der Waals surface area contributed by atoms with Crippen LogP contribution in [0.3, 0.4) is 0 Å². The van der Waals surface area contributed by atoms with Crippen molar-refractivity contribution in [3.63, 3.8) is 0 Å². The molecule has 1 unspecified atom stereocenters. The number of sulfone groups is 1. The Morgan fingerprint density at radius 3 is 2.33 bits per heavy atom. The first kappa shape index (κ1) is 36.8. The molecule has 0 aromatic heterocycles. The van der Waals surface area contributed by atoms with Crippen molar-refractivity contribution in [2.45, 2.75) is 68.2 Å². The second kappa shape index (κ2) is 16.9. The Balaban J connectivity index is 1.62. The maximum atomic E-state index is 14.2. The normalized spacial score (nSPS) is 17.4. The van der Waals surface area contributed by atoms with Gasteiger partial charge in [-0.1, -0.05) is 75.2 Å². The minimum absolute atomic E-state index is 0.00566. The Kier molecular flexibility index (Phi) is 12.9. The van der Waals surface area contributed by atoms with Gasteiger partial charge in [0.05, 0.1) is 21.2 Å². The summed E-state index contributed by atoms with van der Waals surface area (Å²) >= 11 is 1.39. The fourth-order valence-electron chi connectivity index (χ4n) is 5.99. The number of ether oxygens (including phenoxy) is 1. The monoisotopic (exact) mass is 695 g/mol. The molecule has 0 spiro atoms. The van der Waals surface area contributed by atoms with Crippen LogP contribution in [-0.4, -0.2) is 63.0 Å². The van der Waals surface area contributed by atoms with Crippen LogP contribution in [0.4, 0.5) is 11.4 Å². The quantitative estimate of drug-likeness (QED) is 0.119. The summed E-state index contributed by atoms with van der Waals surface area (Å²) in [4.78, 5) is 40.1. The fourth-order valence-corrected chi connectivity index (χ4v) is 8.71. The molecule has 48 heavy (non-hydrogen) atoms. The molecule has 0 saturated heterocycles. The highest BCUT2D eigenvalue weighted by atomic mass is 32.2. The standard InChI is InChI=1S/C36H45N3O7S2/c1-4-6-19-36(5-2)24-39(27-16-11-8-12-17-27)28-21-30(47-3)29(22-31(28)48(44,45)25-36)46-23-32(40)38-34(26-14-9-7-10-15-26)35(43)37-20-13-18-33(41)42/h7-12,14-17,21-22,34H,4-6,13,18-20,23-25H2,1-3H3,(H,37,43)(H,38,40)(H,41,42)/t34-,36?/m1/s1. The number of nitrogens with zero attached hydrogens (tertiary/aromatic N) is 1. The van der Waals surface area contributed by atoms with E-state index in [-0.39, 0.29) is 35.8 Å². The first-order valence-corrected chi connectivity index (χ1v) is 19.1. The van der Waals surface area contributed by atoms with Crippen LogP contribution in [0.25, 0.3) is 0 Å². The van der Waals surface area contributed by atoms with Crippen molar-refractivity contribution < 1.29 is 32.6 Å². The molecule has 258 valence electrons. The Morgan fingerprint density at radius 1 is 1.02 bits per heavy atom. The van der Waals surface area contributed by atoms with E-state index in [1.165, 1.54) is 17.8 Å². The van der Waals surface area contributed by atoms with Gasteiger partial charge in [-0.15, -0.1) is 11.8 Å². The van der Waals surface area contributed by atoms with E-state index >= 15 is 0 Å². The molecule has 3 aromatic rings. The molecular weight excluding hydrogens is 651 g/mol. The molecule has 1 aliphatic heterocycles. The number of hydrogen-bond donors (Lipinski definition) is 3. The molecule has 10 nitrogen and oxygen atoms in total. The lowest BCUT2D eigenvalue weighted by Crippen LogP contribution is -2.42. The highest BCUT2D eigenvalue weighted by Gasteiger charge is 2.42. The zero-order valence-electron chi connectivity index (χ0n) is 27.7. The van der Waals surface area contributed by atoms with Crippen LogP contribution in [-0.2, 0) is 24.2 Å². The van der Waals surface area contributed by atoms with Gasteiger partial charge in [-0.05, 0) is 49.3 Å². The van der Waals surface area contributed by atoms with Crippen LogP contribution >= 0.6 is 11.8 Å². The number of aliphatic carboxylic acids is 1. The third-order valence-electron chi connectivity index (χ3n) is 8.67. The van der Waals surface area contributed by atoms with E-state index < -0.39 is 45.7 Å². The summed E-state index contributed by atoms with van der Waals surface area (Å²) in [5.74, 6) is -1.75. The largest absolute Gasteiger partial charge is 0.483 e. The van der Waals surface area contributed by atoms with E-state index in [1.807, 2.05) is 42.7 Å². The summed E-state index contributed by atoms with van der Waals surface area (Å²) in [6, 6.07) is 20.8. The number of nitrogens with one attached hydrogen (secondary N) is 2. The first-order valence-electron chi connectivity index (χ1n) is 16.3. The predicted molar refractivity (Wildman–Crippen MR) is 189 cm³/mol. The number of anilines is 2. The molecule has 12 heteroatoms. The van der Waals surface area contributed by atoms with Crippen LogP contribution < -0.4 is 20.3 Å². The smallest absolute Gasteiger partial charge is 0.303 e. The molecule has 1 aliphatic rings. The summed E-state index contributed by atoms with van der Waals surface area (Å²) in [6.45, 7) is 4.40. The molecule has 2 atom stereocenters. The summed E-state index contributed by atoms with van der Waals surface area (Å²) in [7, 11) is -3.76. The van der Waals surface area contributed by atoms with Crippen LogP contribution in [0.1, 0.15) is 64.0 Å². The maximum absolute atomic E-state index is 14.2. The molecular formula is C36H45N3O7S2. The van der Waals surface area contributed by atoms with Crippen molar-refractivity contribution in [1.29, 1.82) is 0 Å². The molecule has 1 heterocycles. The predicted octanol–water partition coefficient (Wildman–Crippen LogP) is 6.14. The summed E-state index contributed by atoms with van der Waals surface area (Å²) in [5, 5.41) is 14.3. The molecule has 0 bridgehead atoms. The third kappa shape index (κ3) is 9.31. The zero-order valence-corrected chi connectivity index (χ0v) is 29.4. The van der Waals surface area contributed by atoms with Crippen molar-refractivity contribution >= 4 is 50.8 Å². The van der Waals surface area contributed by atoms with Crippen molar-refractivity contribution in [2.24, 2.45) is 5.41 Å². The van der Waals surface area contributed by atoms with Crippen molar-refractivity contribution in [2.75, 3.05) is 36.6 Å². The number of fused-ring (bicyclic) bond motifs is 1. The Hall–Kier alpha value is -4.03. The topological polar surface area (TPSA) is 142 Å². The number of thioether (sulfide) groups is 1. The second-order valence-corrected chi connectivity index (χ2v) is 14.9. The number of benzene rings is 3. The van der Waals surface area contributed by atoms with Crippen LogP contribution in [0.15, 0.2) is 82.6 Å². The van der Waals surface area contributed by atoms with E-state index in [9.17, 15) is 22.8 Å². The highest BCUT2D eigenvalue weighted by Crippen LogP contribution is 2.47. The zero-order chi connectivity index (χ0) is 34.7. The van der Waals surface area contributed by atoms with Gasteiger partial charge in [-0.25, -0.2) is 8.42 Å². The van der Waals surface area contributed by atoms with Gasteiger partial charge in [0.15, 0.2) is 16.4 Å². The van der Waals surface area contributed by atoms with Crippen molar-refractivity contribution in [1.82, 2.24) is 10.6 Å². The molecule has 0 fully saturated rings. The lowest BCUT2D eigenvalue weighted by atomic mass is 9.81. The van der Waals surface area contributed by atoms with Crippen LogP contribution in [0, 0.1) is 5.41 Å². The molecule has 3 aromatic carbocycles. The number of carbonyl (C=O) groups is 3. The molecule has 0 radical (unpaired) electrons. The number of hydrogen-bond acceptors (Lipinski definition) is 8. The van der Waals surface area contributed by atoms with Gasteiger partial charge in [-0.2, -0.15) is 0 Å². The molecule has 0 aliphatic carbocycles. The fraction of sp³-hybridized carbons (Fsp3) is 0.417. The molecule has 4 rings (SSSR count). The lowest BCUT2D eigenvalue weighted by molar-refractivity contribution is -0.137. The van der Waals surface area contributed by atoms with Gasteiger partial charge >= 0.3 is 5.97 Å². The van der Waals surface area contributed by atoms with Gasteiger partial charge in [0.1, 0.15) is 11.8 Å². The van der Waals surface area contributed by atoms with E-state index in [2.05, 4.69) is 29.4 Å². The van der Waals surface area contributed by atoms with Gasteiger partial charge in [0, 0.05) is 36.7 Å². The van der Waals surface area contributed by atoms with E-state index in [4.69, 9.17) is 9.84 Å². The van der Waals surface area contributed by atoms with Crippen LogP contribution in [0.2, 0.25) is 0 Å². The number of carboxylic acid groups (broad SMARTS) is 1. The molecule has 0 saturated carbocycles. The number of rotatable bonds is 16. The van der Waals surface area contributed by atoms with Gasteiger partial charge < -0.3 is 25.4 Å². The average Bonchev–Trinajstić information content (AvgIpc) is 3.18. The maximum Gasteiger partial charge on any atom is 0.303 e. The van der Waals surface area contributed by atoms with Gasteiger partial charge in [0.25, 0.3) is 5.91 Å². The van der Waals surface area contributed by atoms with E-state index in [0.29, 0.717) is 29.1 Å². The number of carbonyl (C=O) groups excluding carboxylic acids is 2. The summed E-state index contributed by atoms with van der Waals surface area (Å²) in [5.41, 5.74) is 1.58. The minimum Gasteiger partial charge on any atom is -0.483 e. The average molecular weight is 696 g/mol. The van der Waals surface area contributed by atoms with Gasteiger partial charge in [0.2, 0.25) is 5.91 Å². The SMILES string of the molecule is CCCCC1(CC)CN(c2ccccc2)c2cc(SC)c(OCC(=O)N[C@@H](C(=O)NCCCC(=O)O)c3ccccc3)cc2S(=O)(=O)C1. The Labute approximate surface area is 287 Å². The highest BCUT2D eigenvalue weighted by molar-refractivity contribution is 7.98. The van der Waals surface area contributed by atoms with Gasteiger partial charge in [-0.3, -0.25) is 14.4 Å². The van der Waals surface area contributed by atoms with E-state index in [0.717, 1.165) is 24.9 Å². The lowest BCUT2D eigenvalue weighted by Gasteiger charge is -2.36. The third-order valence-corrected chi connectivity index (χ3v) is 11.4. The number of amides is 2. The minimum atomic E-state index is -3.76. The first-order chi connectivity index (χ1) is 23.0. The summed E-state index contributed by atoms with van der Waals surface area (Å²) < 4.78 is 34.4. The van der Waals surface area contributed by atoms with Crippen LogP contribution in [0.5, 0.6) is 5.75 Å². The Morgan fingerprint density at radius 2 is 1.71 bits per heavy atom. The number of carboxylic acids is 1. The van der Waals surface area contributed by atoms with E-state index in [1.54, 1.807) is 30.3 Å². The van der Waals surface area contributed by atoms with Crippen molar-refractivity contribution in [3.8, 4) is 5.75 Å². The molecule has 3 N–H and O–H groups in total. The Bertz CT molecular complexity index is 1670.